The van der Waals surface area contributed by atoms with Crippen molar-refractivity contribution in [1.29, 1.82) is 0 Å². The predicted octanol–water partition coefficient (Wildman–Crippen LogP) is 0.830. The van der Waals surface area contributed by atoms with Crippen molar-refractivity contribution in [2.45, 2.75) is 12.5 Å². The molecule has 0 saturated carbocycles. The lowest BCUT2D eigenvalue weighted by molar-refractivity contribution is -0.385. The lowest BCUT2D eigenvalue weighted by Gasteiger charge is -2.34. The van der Waals surface area contributed by atoms with E-state index in [0.29, 0.717) is 26.2 Å². The Labute approximate surface area is 111 Å². The lowest BCUT2D eigenvalue weighted by Crippen LogP contribution is -2.48. The van der Waals surface area contributed by atoms with Crippen molar-refractivity contribution in [3.63, 3.8) is 0 Å². The van der Waals surface area contributed by atoms with Crippen molar-refractivity contribution in [1.82, 2.24) is 4.90 Å². The average molecular weight is 266 g/mol. The molecule has 0 radical (unpaired) electrons. The van der Waals surface area contributed by atoms with Crippen LogP contribution in [-0.2, 0) is 11.2 Å². The highest BCUT2D eigenvalue weighted by Gasteiger charge is 2.22. The van der Waals surface area contributed by atoms with Crippen LogP contribution in [0.2, 0.25) is 0 Å². The molecule has 1 atom stereocenters. The first-order valence-corrected chi connectivity index (χ1v) is 6.37. The maximum atomic E-state index is 10.9. The fraction of sp³-hybridized carbons (Fsp3) is 0.538. The minimum Gasteiger partial charge on any atom is -0.395 e. The number of aliphatic hydroxyl groups is 1. The first kappa shape index (κ1) is 13.9. The smallest absolute Gasteiger partial charge is 0.272 e. The molecule has 1 aliphatic heterocycles. The van der Waals surface area contributed by atoms with Crippen LogP contribution in [0.4, 0.5) is 5.69 Å². The summed E-state index contributed by atoms with van der Waals surface area (Å²) in [5.41, 5.74) is 0.895. The molecule has 1 aliphatic rings. The summed E-state index contributed by atoms with van der Waals surface area (Å²) < 4.78 is 5.31. The van der Waals surface area contributed by atoms with Crippen LogP contribution in [0.5, 0.6) is 0 Å². The summed E-state index contributed by atoms with van der Waals surface area (Å²) in [5.74, 6) is 0. The van der Waals surface area contributed by atoms with E-state index in [4.69, 9.17) is 4.74 Å². The quantitative estimate of drug-likeness (QED) is 0.631. The molecule has 0 aliphatic carbocycles. The highest BCUT2D eigenvalue weighted by atomic mass is 16.6. The Bertz CT molecular complexity index is 438. The third-order valence-electron chi connectivity index (χ3n) is 3.42. The van der Waals surface area contributed by atoms with Crippen molar-refractivity contribution >= 4 is 5.69 Å². The second-order valence-electron chi connectivity index (χ2n) is 4.58. The van der Waals surface area contributed by atoms with Crippen molar-refractivity contribution < 1.29 is 14.8 Å². The van der Waals surface area contributed by atoms with Gasteiger partial charge in [-0.15, -0.1) is 0 Å². The van der Waals surface area contributed by atoms with E-state index in [1.807, 2.05) is 6.07 Å². The molecule has 6 nitrogen and oxygen atoms in total. The summed E-state index contributed by atoms with van der Waals surface area (Å²) in [6.07, 6.45) is 0.605. The molecule has 1 N–H and O–H groups in total. The molecule has 1 fully saturated rings. The average Bonchev–Trinajstić information content (AvgIpc) is 2.45. The van der Waals surface area contributed by atoms with Crippen LogP contribution in [-0.4, -0.2) is 53.9 Å². The summed E-state index contributed by atoms with van der Waals surface area (Å²) in [5, 5.41) is 20.2. The molecule has 0 aromatic heterocycles. The van der Waals surface area contributed by atoms with Gasteiger partial charge in [0.05, 0.1) is 30.8 Å². The van der Waals surface area contributed by atoms with E-state index in [1.165, 1.54) is 6.07 Å². The molecule has 1 aromatic rings. The molecule has 19 heavy (non-hydrogen) atoms. The molecular formula is C13H18N2O4. The van der Waals surface area contributed by atoms with Crippen LogP contribution < -0.4 is 0 Å². The highest BCUT2D eigenvalue weighted by molar-refractivity contribution is 5.39. The van der Waals surface area contributed by atoms with Crippen LogP contribution >= 0.6 is 0 Å². The SMILES string of the molecule is O=[N+]([O-])c1ccccc1CCN1CCOCC1CO. The summed E-state index contributed by atoms with van der Waals surface area (Å²) in [6, 6.07) is 6.79. The van der Waals surface area contributed by atoms with Crippen molar-refractivity contribution in [2.75, 3.05) is 32.9 Å². The van der Waals surface area contributed by atoms with E-state index in [-0.39, 0.29) is 23.3 Å². The fourth-order valence-corrected chi connectivity index (χ4v) is 2.32. The zero-order valence-corrected chi connectivity index (χ0v) is 10.7. The minimum atomic E-state index is -0.349. The Morgan fingerprint density at radius 1 is 1.47 bits per heavy atom. The van der Waals surface area contributed by atoms with E-state index < -0.39 is 0 Å². The first-order chi connectivity index (χ1) is 9.22. The third-order valence-corrected chi connectivity index (χ3v) is 3.42. The Morgan fingerprint density at radius 2 is 2.26 bits per heavy atom. The summed E-state index contributed by atoms with van der Waals surface area (Å²) in [4.78, 5) is 12.7. The maximum Gasteiger partial charge on any atom is 0.272 e. The number of hydrogen-bond acceptors (Lipinski definition) is 5. The molecular weight excluding hydrogens is 248 g/mol. The first-order valence-electron chi connectivity index (χ1n) is 6.37. The Balaban J connectivity index is 2.00. The molecule has 1 unspecified atom stereocenters. The highest BCUT2D eigenvalue weighted by Crippen LogP contribution is 2.19. The van der Waals surface area contributed by atoms with Crippen molar-refractivity contribution in [3.8, 4) is 0 Å². The number of rotatable bonds is 5. The lowest BCUT2D eigenvalue weighted by atomic mass is 10.1. The van der Waals surface area contributed by atoms with E-state index in [2.05, 4.69) is 4.90 Å². The topological polar surface area (TPSA) is 75.8 Å². The molecule has 1 aromatic carbocycles. The number of benzene rings is 1. The number of ether oxygens (including phenoxy) is 1. The van der Waals surface area contributed by atoms with Gasteiger partial charge in [-0.2, -0.15) is 0 Å². The maximum absolute atomic E-state index is 10.9. The summed E-state index contributed by atoms with van der Waals surface area (Å²) in [6.45, 7) is 2.67. The summed E-state index contributed by atoms with van der Waals surface area (Å²) in [7, 11) is 0. The molecule has 6 heteroatoms. The molecule has 0 spiro atoms. The molecule has 1 saturated heterocycles. The van der Waals surface area contributed by atoms with Gasteiger partial charge in [0.2, 0.25) is 0 Å². The number of morpholine rings is 1. The van der Waals surface area contributed by atoms with Gasteiger partial charge in [-0.3, -0.25) is 15.0 Å². The van der Waals surface area contributed by atoms with Crippen LogP contribution in [0.15, 0.2) is 24.3 Å². The Kier molecular flexibility index (Phi) is 4.84. The van der Waals surface area contributed by atoms with E-state index in [1.54, 1.807) is 12.1 Å². The Morgan fingerprint density at radius 3 is 3.00 bits per heavy atom. The molecule has 0 bridgehead atoms. The van der Waals surface area contributed by atoms with Gasteiger partial charge in [0.25, 0.3) is 5.69 Å². The van der Waals surface area contributed by atoms with Gasteiger partial charge in [0, 0.05) is 24.7 Å². The molecule has 104 valence electrons. The standard InChI is InChI=1S/C13H18N2O4/c16-9-12-10-19-8-7-14(12)6-5-11-3-1-2-4-13(11)15(17)18/h1-4,12,16H,5-10H2. The van der Waals surface area contributed by atoms with Crippen molar-refractivity contribution in [3.05, 3.63) is 39.9 Å². The number of para-hydroxylation sites is 1. The second-order valence-corrected chi connectivity index (χ2v) is 4.58. The molecule has 2 rings (SSSR count). The minimum absolute atomic E-state index is 0.00322. The van der Waals surface area contributed by atoms with E-state index in [0.717, 1.165) is 12.1 Å². The van der Waals surface area contributed by atoms with Crippen LogP contribution in [0.1, 0.15) is 5.56 Å². The van der Waals surface area contributed by atoms with Gasteiger partial charge in [-0.1, -0.05) is 18.2 Å². The summed E-state index contributed by atoms with van der Waals surface area (Å²) >= 11 is 0. The number of aliphatic hydroxyl groups excluding tert-OH is 1. The zero-order chi connectivity index (χ0) is 13.7. The van der Waals surface area contributed by atoms with Gasteiger partial charge >= 0.3 is 0 Å². The second kappa shape index (κ2) is 6.60. The molecule has 1 heterocycles. The number of nitro benzene ring substituents is 1. The van der Waals surface area contributed by atoms with Gasteiger partial charge in [-0.25, -0.2) is 0 Å². The van der Waals surface area contributed by atoms with Gasteiger partial charge < -0.3 is 9.84 Å². The van der Waals surface area contributed by atoms with Crippen LogP contribution in [0.25, 0.3) is 0 Å². The van der Waals surface area contributed by atoms with Crippen LogP contribution in [0.3, 0.4) is 0 Å². The van der Waals surface area contributed by atoms with E-state index in [9.17, 15) is 15.2 Å². The number of hydrogen-bond donors (Lipinski definition) is 1. The molecule has 0 amide bonds. The van der Waals surface area contributed by atoms with E-state index >= 15 is 0 Å². The third kappa shape index (κ3) is 3.50. The fourth-order valence-electron chi connectivity index (χ4n) is 2.32. The van der Waals surface area contributed by atoms with Gasteiger partial charge in [0.15, 0.2) is 0 Å². The monoisotopic (exact) mass is 266 g/mol. The number of nitrogens with zero attached hydrogens (tertiary/aromatic N) is 2. The van der Waals surface area contributed by atoms with Gasteiger partial charge in [-0.05, 0) is 6.42 Å². The van der Waals surface area contributed by atoms with Crippen molar-refractivity contribution in [2.24, 2.45) is 0 Å². The Hall–Kier alpha value is -1.50. The zero-order valence-electron chi connectivity index (χ0n) is 10.7. The number of nitro groups is 1. The normalized spacial score (nSPS) is 20.4. The van der Waals surface area contributed by atoms with Gasteiger partial charge in [0.1, 0.15) is 0 Å². The van der Waals surface area contributed by atoms with Crippen LogP contribution in [0, 0.1) is 10.1 Å². The largest absolute Gasteiger partial charge is 0.395 e. The predicted molar refractivity (Wildman–Crippen MR) is 70.1 cm³/mol.